The molecule has 1 rings (SSSR count). The smallest absolute Gasteiger partial charge is 0.0657 e. The quantitative estimate of drug-likeness (QED) is 0.762. The lowest BCUT2D eigenvalue weighted by molar-refractivity contribution is 0.137. The molecule has 0 spiro atoms. The Labute approximate surface area is 104 Å². The van der Waals surface area contributed by atoms with E-state index in [1.54, 1.807) is 7.11 Å². The molecule has 0 unspecified atom stereocenters. The molecule has 0 amide bonds. The molecular formula is C14H23NO2. The Morgan fingerprint density at radius 2 is 1.88 bits per heavy atom. The van der Waals surface area contributed by atoms with Crippen LogP contribution in [0, 0.1) is 5.92 Å². The molecule has 0 bridgehead atoms. The summed E-state index contributed by atoms with van der Waals surface area (Å²) < 4.78 is 5.24. The maximum absolute atomic E-state index is 9.36. The Morgan fingerprint density at radius 3 is 2.35 bits per heavy atom. The molecular weight excluding hydrogens is 214 g/mol. The van der Waals surface area contributed by atoms with Crippen molar-refractivity contribution < 1.29 is 9.84 Å². The van der Waals surface area contributed by atoms with Crippen molar-refractivity contribution in [3.05, 3.63) is 35.9 Å². The van der Waals surface area contributed by atoms with Crippen LogP contribution in [0.4, 0.5) is 0 Å². The maximum Gasteiger partial charge on any atom is 0.0657 e. The van der Waals surface area contributed by atoms with Gasteiger partial charge < -0.3 is 15.2 Å². The summed E-state index contributed by atoms with van der Waals surface area (Å²) in [5, 5.41) is 12.8. The molecule has 0 saturated heterocycles. The number of hydrogen-bond acceptors (Lipinski definition) is 3. The predicted molar refractivity (Wildman–Crippen MR) is 69.9 cm³/mol. The lowest BCUT2D eigenvalue weighted by Gasteiger charge is -2.27. The Hall–Kier alpha value is -0.900. The standard InChI is InChI=1S/C14H23NO2/c1-11(2)13(9-16)15-14(10-17-3)12-7-5-4-6-8-12/h4-8,11,13-16H,9-10H2,1-3H3/t13-,14+/m1/s1. The molecule has 1 aromatic rings. The van der Waals surface area contributed by atoms with Crippen molar-refractivity contribution in [2.75, 3.05) is 20.3 Å². The molecule has 0 aliphatic carbocycles. The van der Waals surface area contributed by atoms with E-state index in [0.717, 1.165) is 0 Å². The van der Waals surface area contributed by atoms with E-state index < -0.39 is 0 Å². The van der Waals surface area contributed by atoms with E-state index in [2.05, 4.69) is 31.3 Å². The van der Waals surface area contributed by atoms with Gasteiger partial charge in [0.25, 0.3) is 0 Å². The molecule has 0 aliphatic heterocycles. The minimum Gasteiger partial charge on any atom is -0.395 e. The van der Waals surface area contributed by atoms with Crippen molar-refractivity contribution >= 4 is 0 Å². The normalized spacial score (nSPS) is 14.9. The first-order valence-corrected chi connectivity index (χ1v) is 6.09. The van der Waals surface area contributed by atoms with E-state index in [4.69, 9.17) is 4.74 Å². The second-order valence-electron chi connectivity index (χ2n) is 4.62. The van der Waals surface area contributed by atoms with Gasteiger partial charge >= 0.3 is 0 Å². The van der Waals surface area contributed by atoms with Crippen molar-refractivity contribution in [2.24, 2.45) is 5.92 Å². The summed E-state index contributed by atoms with van der Waals surface area (Å²) in [6.07, 6.45) is 0. The van der Waals surface area contributed by atoms with Gasteiger partial charge in [-0.15, -0.1) is 0 Å². The Bertz CT molecular complexity index is 300. The van der Waals surface area contributed by atoms with Crippen molar-refractivity contribution in [3.8, 4) is 0 Å². The van der Waals surface area contributed by atoms with Crippen LogP contribution in [0.15, 0.2) is 30.3 Å². The molecule has 3 heteroatoms. The van der Waals surface area contributed by atoms with Crippen molar-refractivity contribution in [1.82, 2.24) is 5.32 Å². The summed E-state index contributed by atoms with van der Waals surface area (Å²) in [5.41, 5.74) is 1.19. The molecule has 96 valence electrons. The first-order valence-electron chi connectivity index (χ1n) is 6.09. The molecule has 0 aliphatic rings. The van der Waals surface area contributed by atoms with Crippen LogP contribution < -0.4 is 5.32 Å². The molecule has 0 fully saturated rings. The van der Waals surface area contributed by atoms with Crippen molar-refractivity contribution in [2.45, 2.75) is 25.9 Å². The summed E-state index contributed by atoms with van der Waals surface area (Å²) in [7, 11) is 1.70. The third-order valence-electron chi connectivity index (χ3n) is 2.95. The zero-order valence-corrected chi connectivity index (χ0v) is 10.9. The predicted octanol–water partition coefficient (Wildman–Crippen LogP) is 1.98. The summed E-state index contributed by atoms with van der Waals surface area (Å²) in [4.78, 5) is 0. The van der Waals surface area contributed by atoms with Crippen molar-refractivity contribution in [3.63, 3.8) is 0 Å². The first-order chi connectivity index (χ1) is 8.19. The highest BCUT2D eigenvalue weighted by Gasteiger charge is 2.18. The van der Waals surface area contributed by atoms with Crippen LogP contribution in [0.2, 0.25) is 0 Å². The van der Waals surface area contributed by atoms with Crippen LogP contribution in [0.3, 0.4) is 0 Å². The number of benzene rings is 1. The zero-order valence-electron chi connectivity index (χ0n) is 10.9. The topological polar surface area (TPSA) is 41.5 Å². The Balaban J connectivity index is 2.72. The monoisotopic (exact) mass is 237 g/mol. The van der Waals surface area contributed by atoms with Crippen LogP contribution in [-0.4, -0.2) is 31.5 Å². The molecule has 0 saturated carbocycles. The molecule has 2 N–H and O–H groups in total. The van der Waals surface area contributed by atoms with E-state index in [1.165, 1.54) is 5.56 Å². The van der Waals surface area contributed by atoms with Crippen LogP contribution in [0.1, 0.15) is 25.5 Å². The lowest BCUT2D eigenvalue weighted by atomic mass is 10.0. The summed E-state index contributed by atoms with van der Waals surface area (Å²) >= 11 is 0. The zero-order chi connectivity index (χ0) is 12.7. The number of nitrogens with one attached hydrogen (secondary N) is 1. The number of rotatable bonds is 7. The minimum absolute atomic E-state index is 0.0929. The molecule has 0 aromatic heterocycles. The minimum atomic E-state index is 0.0929. The largest absolute Gasteiger partial charge is 0.395 e. The van der Waals surface area contributed by atoms with E-state index in [1.807, 2.05) is 18.2 Å². The Morgan fingerprint density at radius 1 is 1.24 bits per heavy atom. The summed E-state index contributed by atoms with van der Waals surface area (Å²) in [6.45, 7) is 4.95. The number of aliphatic hydroxyl groups excluding tert-OH is 1. The highest BCUT2D eigenvalue weighted by atomic mass is 16.5. The molecule has 0 heterocycles. The number of aliphatic hydroxyl groups is 1. The average Bonchev–Trinajstić information content (AvgIpc) is 2.35. The van der Waals surface area contributed by atoms with Crippen LogP contribution in [0.5, 0.6) is 0 Å². The van der Waals surface area contributed by atoms with Gasteiger partial charge in [0.2, 0.25) is 0 Å². The van der Waals surface area contributed by atoms with Gasteiger partial charge in [-0.3, -0.25) is 0 Å². The van der Waals surface area contributed by atoms with Gasteiger partial charge in [-0.05, 0) is 11.5 Å². The van der Waals surface area contributed by atoms with E-state index >= 15 is 0 Å². The highest BCUT2D eigenvalue weighted by Crippen LogP contribution is 2.15. The Kier molecular flexibility index (Phi) is 6.19. The second kappa shape index (κ2) is 7.43. The highest BCUT2D eigenvalue weighted by molar-refractivity contribution is 5.19. The lowest BCUT2D eigenvalue weighted by Crippen LogP contribution is -2.41. The van der Waals surface area contributed by atoms with Crippen LogP contribution in [-0.2, 0) is 4.74 Å². The summed E-state index contributed by atoms with van der Waals surface area (Å²) in [6, 6.07) is 10.4. The van der Waals surface area contributed by atoms with E-state index in [9.17, 15) is 5.11 Å². The second-order valence-corrected chi connectivity index (χ2v) is 4.62. The number of hydrogen-bond donors (Lipinski definition) is 2. The fourth-order valence-corrected chi connectivity index (χ4v) is 1.81. The third-order valence-corrected chi connectivity index (χ3v) is 2.95. The van der Waals surface area contributed by atoms with Gasteiger partial charge in [0, 0.05) is 13.2 Å². The van der Waals surface area contributed by atoms with E-state index in [-0.39, 0.29) is 18.7 Å². The SMILES string of the molecule is COC[C@H](N[C@H](CO)C(C)C)c1ccccc1. The molecule has 1 aromatic carbocycles. The number of ether oxygens (including phenoxy) is 1. The van der Waals surface area contributed by atoms with Gasteiger partial charge in [-0.25, -0.2) is 0 Å². The van der Waals surface area contributed by atoms with Crippen LogP contribution in [0.25, 0.3) is 0 Å². The van der Waals surface area contributed by atoms with Crippen LogP contribution >= 0.6 is 0 Å². The average molecular weight is 237 g/mol. The van der Waals surface area contributed by atoms with Gasteiger partial charge in [0.15, 0.2) is 0 Å². The third kappa shape index (κ3) is 4.46. The molecule has 3 nitrogen and oxygen atoms in total. The molecule has 2 atom stereocenters. The maximum atomic E-state index is 9.36. The molecule has 0 radical (unpaired) electrons. The summed E-state index contributed by atoms with van der Waals surface area (Å²) in [5.74, 6) is 0.392. The fraction of sp³-hybridized carbons (Fsp3) is 0.571. The van der Waals surface area contributed by atoms with E-state index in [0.29, 0.717) is 12.5 Å². The van der Waals surface area contributed by atoms with Crippen molar-refractivity contribution in [1.29, 1.82) is 0 Å². The van der Waals surface area contributed by atoms with Gasteiger partial charge in [-0.1, -0.05) is 44.2 Å². The first kappa shape index (κ1) is 14.2. The molecule has 17 heavy (non-hydrogen) atoms. The van der Waals surface area contributed by atoms with Gasteiger partial charge in [0.05, 0.1) is 19.3 Å². The van der Waals surface area contributed by atoms with Gasteiger partial charge in [-0.2, -0.15) is 0 Å². The number of methoxy groups -OCH3 is 1. The van der Waals surface area contributed by atoms with Gasteiger partial charge in [0.1, 0.15) is 0 Å². The fourth-order valence-electron chi connectivity index (χ4n) is 1.81.